The topological polar surface area (TPSA) is 105 Å². The molecule has 0 atom stereocenters. The molecule has 3 aromatic heterocycles. The van der Waals surface area contributed by atoms with E-state index in [9.17, 15) is 4.79 Å². The van der Waals surface area contributed by atoms with Gasteiger partial charge in [0.25, 0.3) is 0 Å². The molecule has 10 heteroatoms. The number of unbranched alkanes of at least 4 members (excludes halogenated alkanes) is 1. The van der Waals surface area contributed by atoms with Crippen molar-refractivity contribution in [2.75, 3.05) is 13.1 Å². The van der Waals surface area contributed by atoms with E-state index >= 15 is 0 Å². The fourth-order valence-corrected chi connectivity index (χ4v) is 5.33. The van der Waals surface area contributed by atoms with Gasteiger partial charge < -0.3 is 4.57 Å². The van der Waals surface area contributed by atoms with Crippen LogP contribution in [0.4, 0.5) is 0 Å². The highest BCUT2D eigenvalue weighted by Crippen LogP contribution is 2.30. The second-order valence-corrected chi connectivity index (χ2v) is 10.5. The fourth-order valence-electron chi connectivity index (χ4n) is 5.05. The molecule has 1 N–H and O–H groups in total. The number of carbonyl (C=O) groups excluding carboxylic acids is 1. The maximum Gasteiger partial charge on any atom is 0.230 e. The molecule has 3 heterocycles. The number of imidazole rings is 1. The highest BCUT2D eigenvalue weighted by atomic mass is 35.5. The third-order valence-electron chi connectivity index (χ3n) is 7.41. The number of ketones is 1. The number of hydrogen-bond acceptors (Lipinski definition) is 7. The molecule has 0 fully saturated rings. The van der Waals surface area contributed by atoms with Crippen LogP contribution in [-0.2, 0) is 19.5 Å². The number of carbonyl (C=O) groups is 1. The summed E-state index contributed by atoms with van der Waals surface area (Å²) in [4.78, 5) is 25.5. The Kier molecular flexibility index (Phi) is 9.51. The van der Waals surface area contributed by atoms with E-state index in [2.05, 4.69) is 75.5 Å². The van der Waals surface area contributed by atoms with E-state index in [1.165, 1.54) is 0 Å². The van der Waals surface area contributed by atoms with Crippen LogP contribution in [0.5, 0.6) is 0 Å². The number of aromatic amines is 1. The van der Waals surface area contributed by atoms with Crippen molar-refractivity contribution in [1.29, 1.82) is 0 Å². The molecule has 0 radical (unpaired) electrons. The quantitative estimate of drug-likeness (QED) is 0.164. The van der Waals surface area contributed by atoms with E-state index in [1.54, 1.807) is 6.07 Å². The molecule has 0 spiro atoms. The third kappa shape index (κ3) is 6.48. The highest BCUT2D eigenvalue weighted by molar-refractivity contribution is 6.33. The van der Waals surface area contributed by atoms with Crippen molar-refractivity contribution in [2.45, 2.75) is 53.1 Å². The Morgan fingerprint density at radius 2 is 1.69 bits per heavy atom. The molecule has 2 aromatic carbocycles. The molecule has 0 amide bonds. The molecule has 0 unspecified atom stereocenters. The zero-order chi connectivity index (χ0) is 29.5. The molecule has 5 aromatic rings. The van der Waals surface area contributed by atoms with Gasteiger partial charge in [-0.3, -0.25) is 9.69 Å². The monoisotopic (exact) mass is 582 g/mol. The Hall–Kier alpha value is -4.21. The van der Waals surface area contributed by atoms with Gasteiger partial charge in [-0.05, 0) is 53.5 Å². The van der Waals surface area contributed by atoms with Crippen LogP contribution >= 0.6 is 11.6 Å². The first kappa shape index (κ1) is 29.3. The molecule has 0 saturated heterocycles. The number of halogens is 1. The third-order valence-corrected chi connectivity index (χ3v) is 7.68. The lowest BCUT2D eigenvalue weighted by atomic mass is 9.98. The molecule has 0 aliphatic heterocycles. The van der Waals surface area contributed by atoms with Gasteiger partial charge in [0.1, 0.15) is 17.2 Å². The smallest absolute Gasteiger partial charge is 0.230 e. The van der Waals surface area contributed by atoms with Crippen LogP contribution in [0.15, 0.2) is 66.7 Å². The SMILES string of the molecule is CCCCc1nc(Cl)c(C(=O)c2cccc(CN(CC)CC)n2)n1Cc1ccc(-c2ccccc2-c2nn[nH]n2)cc1. The molecule has 0 bridgehead atoms. The minimum atomic E-state index is -0.220. The minimum absolute atomic E-state index is 0.215. The van der Waals surface area contributed by atoms with Crippen molar-refractivity contribution in [3.8, 4) is 22.5 Å². The molecule has 216 valence electrons. The lowest BCUT2D eigenvalue weighted by Gasteiger charge is -2.17. The van der Waals surface area contributed by atoms with Gasteiger partial charge in [-0.15, -0.1) is 10.2 Å². The second-order valence-electron chi connectivity index (χ2n) is 10.1. The maximum atomic E-state index is 13.9. The van der Waals surface area contributed by atoms with Crippen molar-refractivity contribution in [3.63, 3.8) is 0 Å². The molecule has 42 heavy (non-hydrogen) atoms. The van der Waals surface area contributed by atoms with Crippen LogP contribution in [-0.4, -0.2) is 58.9 Å². The number of pyridine rings is 1. The molecular formula is C32H35ClN8O. The predicted octanol–water partition coefficient (Wildman–Crippen LogP) is 6.24. The average molecular weight is 583 g/mol. The first-order valence-electron chi connectivity index (χ1n) is 14.4. The van der Waals surface area contributed by atoms with Crippen molar-refractivity contribution in [3.05, 3.63) is 100 Å². The van der Waals surface area contributed by atoms with Gasteiger partial charge in [0, 0.05) is 25.1 Å². The summed E-state index contributed by atoms with van der Waals surface area (Å²) < 4.78 is 1.96. The maximum absolute atomic E-state index is 13.9. The Bertz CT molecular complexity index is 1630. The van der Waals surface area contributed by atoms with Gasteiger partial charge in [0.15, 0.2) is 5.15 Å². The first-order chi connectivity index (χ1) is 20.5. The normalized spacial score (nSPS) is 11.4. The molecule has 0 aliphatic rings. The summed E-state index contributed by atoms with van der Waals surface area (Å²) in [5, 5.41) is 14.7. The summed E-state index contributed by atoms with van der Waals surface area (Å²) in [6, 6.07) is 21.8. The van der Waals surface area contributed by atoms with Gasteiger partial charge in [-0.1, -0.05) is 93.4 Å². The molecule has 5 rings (SSSR count). The van der Waals surface area contributed by atoms with Gasteiger partial charge >= 0.3 is 0 Å². The van der Waals surface area contributed by atoms with Crippen LogP contribution in [0.1, 0.15) is 66.9 Å². The number of hydrogen-bond donors (Lipinski definition) is 1. The highest BCUT2D eigenvalue weighted by Gasteiger charge is 2.24. The molecule has 0 aliphatic carbocycles. The number of H-pyrrole nitrogens is 1. The van der Waals surface area contributed by atoms with Crippen molar-refractivity contribution < 1.29 is 4.79 Å². The van der Waals surface area contributed by atoms with E-state index in [-0.39, 0.29) is 10.9 Å². The molecular weight excluding hydrogens is 548 g/mol. The Labute approximate surface area is 251 Å². The molecule has 0 saturated carbocycles. The number of nitrogens with one attached hydrogen (secondary N) is 1. The molecule has 9 nitrogen and oxygen atoms in total. The first-order valence-corrected chi connectivity index (χ1v) is 14.8. The van der Waals surface area contributed by atoms with Gasteiger partial charge in [-0.2, -0.15) is 5.21 Å². The van der Waals surface area contributed by atoms with Gasteiger partial charge in [0.05, 0.1) is 5.69 Å². The summed E-state index contributed by atoms with van der Waals surface area (Å²) in [5.74, 6) is 1.12. The van der Waals surface area contributed by atoms with Gasteiger partial charge in [0.2, 0.25) is 11.6 Å². The summed E-state index contributed by atoms with van der Waals surface area (Å²) in [5.41, 5.74) is 5.56. The number of benzene rings is 2. The number of aromatic nitrogens is 7. The second kappa shape index (κ2) is 13.6. The van der Waals surface area contributed by atoms with Crippen LogP contribution in [0, 0.1) is 0 Å². The Morgan fingerprint density at radius 3 is 2.38 bits per heavy atom. The summed E-state index contributed by atoms with van der Waals surface area (Å²) in [6.45, 7) is 9.35. The van der Waals surface area contributed by atoms with Crippen LogP contribution in [0.3, 0.4) is 0 Å². The Morgan fingerprint density at radius 1 is 0.929 bits per heavy atom. The number of aryl methyl sites for hydroxylation is 1. The van der Waals surface area contributed by atoms with E-state index in [0.29, 0.717) is 30.3 Å². The predicted molar refractivity (Wildman–Crippen MR) is 164 cm³/mol. The lowest BCUT2D eigenvalue weighted by Crippen LogP contribution is -2.23. The zero-order valence-electron chi connectivity index (χ0n) is 24.2. The van der Waals surface area contributed by atoms with Crippen LogP contribution < -0.4 is 0 Å². The van der Waals surface area contributed by atoms with Crippen molar-refractivity contribution in [1.82, 2.24) is 40.1 Å². The van der Waals surface area contributed by atoms with E-state index in [0.717, 1.165) is 66.1 Å². The van der Waals surface area contributed by atoms with Crippen molar-refractivity contribution >= 4 is 17.4 Å². The van der Waals surface area contributed by atoms with E-state index in [1.807, 2.05) is 41.0 Å². The number of nitrogens with zero attached hydrogens (tertiary/aromatic N) is 7. The summed E-state index contributed by atoms with van der Waals surface area (Å²) in [7, 11) is 0. The zero-order valence-corrected chi connectivity index (χ0v) is 25.0. The standard InChI is InChI=1S/C32H35ClN8O/c1-4-7-15-28-35-31(33)29(30(42)27-14-10-11-24(34-27)21-40(5-2)6-3)41(28)20-22-16-18-23(19-17-22)25-12-8-9-13-26(25)32-36-38-39-37-32/h8-14,16-19H,4-7,15,20-21H2,1-3H3,(H,36,37,38,39). The lowest BCUT2D eigenvalue weighted by molar-refractivity contribution is 0.102. The number of tetrazole rings is 1. The van der Waals surface area contributed by atoms with Gasteiger partial charge in [-0.25, -0.2) is 9.97 Å². The number of rotatable bonds is 13. The fraction of sp³-hybridized carbons (Fsp3) is 0.312. The van der Waals surface area contributed by atoms with Crippen LogP contribution in [0.2, 0.25) is 5.15 Å². The van der Waals surface area contributed by atoms with Crippen LogP contribution in [0.25, 0.3) is 22.5 Å². The minimum Gasteiger partial charge on any atom is -0.319 e. The summed E-state index contributed by atoms with van der Waals surface area (Å²) >= 11 is 6.67. The largest absolute Gasteiger partial charge is 0.319 e. The Balaban J connectivity index is 1.46. The summed E-state index contributed by atoms with van der Waals surface area (Å²) in [6.07, 6.45) is 2.69. The van der Waals surface area contributed by atoms with E-state index < -0.39 is 0 Å². The average Bonchev–Trinajstić information content (AvgIpc) is 3.67. The van der Waals surface area contributed by atoms with E-state index in [4.69, 9.17) is 16.6 Å². The van der Waals surface area contributed by atoms with Crippen molar-refractivity contribution in [2.24, 2.45) is 0 Å².